The number of hydrogen-bond acceptors (Lipinski definition) is 6. The maximum atomic E-state index is 11.8. The standard InChI is InChI=1S/C13H15NO5/c1-8(14)10-11(19-13(16)18-10)12(15)17-7-9-5-3-2-4-6-9/h2-6,8,10-11H,7,14H2,1H3. The molecule has 1 heterocycles. The number of nitrogens with two attached hydrogens (primary N) is 1. The fourth-order valence-corrected chi connectivity index (χ4v) is 1.75. The summed E-state index contributed by atoms with van der Waals surface area (Å²) in [7, 11) is 0. The SMILES string of the molecule is CC(N)C1OC(=O)OC1C(=O)OCc1ccccc1. The van der Waals surface area contributed by atoms with Crippen molar-refractivity contribution in [1.29, 1.82) is 0 Å². The van der Waals surface area contributed by atoms with Crippen LogP contribution in [-0.4, -0.2) is 30.4 Å². The summed E-state index contributed by atoms with van der Waals surface area (Å²) in [6.07, 6.45) is -2.81. The molecule has 1 fully saturated rings. The molecule has 1 aromatic carbocycles. The van der Waals surface area contributed by atoms with Crippen LogP contribution in [0.3, 0.4) is 0 Å². The maximum absolute atomic E-state index is 11.8. The lowest BCUT2D eigenvalue weighted by atomic mass is 10.1. The van der Waals surface area contributed by atoms with Gasteiger partial charge in [-0.15, -0.1) is 0 Å². The van der Waals surface area contributed by atoms with Gasteiger partial charge in [0.2, 0.25) is 6.10 Å². The lowest BCUT2D eigenvalue weighted by molar-refractivity contribution is -0.155. The van der Waals surface area contributed by atoms with Gasteiger partial charge in [-0.25, -0.2) is 9.59 Å². The van der Waals surface area contributed by atoms with E-state index in [9.17, 15) is 9.59 Å². The minimum Gasteiger partial charge on any atom is -0.458 e. The summed E-state index contributed by atoms with van der Waals surface area (Å²) >= 11 is 0. The zero-order chi connectivity index (χ0) is 13.8. The van der Waals surface area contributed by atoms with Crippen LogP contribution in [0.4, 0.5) is 4.79 Å². The average Bonchev–Trinajstić information content (AvgIpc) is 2.79. The van der Waals surface area contributed by atoms with Crippen LogP contribution in [-0.2, 0) is 25.6 Å². The number of rotatable bonds is 4. The van der Waals surface area contributed by atoms with Crippen LogP contribution in [0.5, 0.6) is 0 Å². The molecule has 0 radical (unpaired) electrons. The monoisotopic (exact) mass is 265 g/mol. The Balaban J connectivity index is 1.94. The Morgan fingerprint density at radius 1 is 1.37 bits per heavy atom. The van der Waals surface area contributed by atoms with E-state index in [1.165, 1.54) is 0 Å². The molecule has 0 bridgehead atoms. The number of carbonyl (C=O) groups excluding carboxylic acids is 2. The lowest BCUT2D eigenvalue weighted by Gasteiger charge is -2.17. The van der Waals surface area contributed by atoms with Crippen molar-refractivity contribution < 1.29 is 23.8 Å². The number of hydrogen-bond donors (Lipinski definition) is 1. The fourth-order valence-electron chi connectivity index (χ4n) is 1.75. The molecular formula is C13H15NO5. The summed E-state index contributed by atoms with van der Waals surface area (Å²) in [4.78, 5) is 22.9. The van der Waals surface area contributed by atoms with Crippen LogP contribution in [0, 0.1) is 0 Å². The Kier molecular flexibility index (Phi) is 4.01. The molecule has 1 aromatic rings. The Bertz CT molecular complexity index is 459. The third-order valence-corrected chi connectivity index (χ3v) is 2.73. The third-order valence-electron chi connectivity index (χ3n) is 2.73. The second-order valence-corrected chi connectivity index (χ2v) is 4.32. The van der Waals surface area contributed by atoms with E-state index in [2.05, 4.69) is 0 Å². The quantitative estimate of drug-likeness (QED) is 0.816. The van der Waals surface area contributed by atoms with Crippen LogP contribution in [0.25, 0.3) is 0 Å². The van der Waals surface area contributed by atoms with Crippen molar-refractivity contribution in [2.45, 2.75) is 31.8 Å². The van der Waals surface area contributed by atoms with Crippen molar-refractivity contribution in [2.75, 3.05) is 0 Å². The first-order valence-electron chi connectivity index (χ1n) is 5.91. The molecule has 1 aliphatic rings. The lowest BCUT2D eigenvalue weighted by Crippen LogP contribution is -2.43. The topological polar surface area (TPSA) is 87.9 Å². The Morgan fingerprint density at radius 3 is 2.68 bits per heavy atom. The first-order valence-corrected chi connectivity index (χ1v) is 5.91. The zero-order valence-electron chi connectivity index (χ0n) is 10.4. The molecule has 0 aromatic heterocycles. The molecule has 6 nitrogen and oxygen atoms in total. The summed E-state index contributed by atoms with van der Waals surface area (Å²) in [5.41, 5.74) is 6.48. The van der Waals surface area contributed by atoms with Gasteiger partial charge in [0.15, 0.2) is 6.10 Å². The van der Waals surface area contributed by atoms with E-state index in [1.807, 2.05) is 30.3 Å². The van der Waals surface area contributed by atoms with Gasteiger partial charge in [-0.1, -0.05) is 30.3 Å². The van der Waals surface area contributed by atoms with E-state index in [4.69, 9.17) is 19.9 Å². The Hall–Kier alpha value is -2.08. The van der Waals surface area contributed by atoms with Crippen LogP contribution in [0.1, 0.15) is 12.5 Å². The van der Waals surface area contributed by atoms with Gasteiger partial charge in [0.1, 0.15) is 6.61 Å². The third kappa shape index (κ3) is 3.23. The zero-order valence-corrected chi connectivity index (χ0v) is 10.4. The van der Waals surface area contributed by atoms with Crippen molar-refractivity contribution >= 4 is 12.1 Å². The molecule has 0 saturated carbocycles. The van der Waals surface area contributed by atoms with Gasteiger partial charge >= 0.3 is 12.1 Å². The summed E-state index contributed by atoms with van der Waals surface area (Å²) < 4.78 is 14.7. The number of carbonyl (C=O) groups is 2. The fraction of sp³-hybridized carbons (Fsp3) is 0.385. The predicted molar refractivity (Wildman–Crippen MR) is 65.0 cm³/mol. The van der Waals surface area contributed by atoms with Gasteiger partial charge in [-0.3, -0.25) is 0 Å². The molecule has 1 saturated heterocycles. The van der Waals surface area contributed by atoms with Crippen molar-refractivity contribution in [2.24, 2.45) is 5.73 Å². The first-order chi connectivity index (χ1) is 9.08. The summed E-state index contributed by atoms with van der Waals surface area (Å²) in [6, 6.07) is 8.69. The van der Waals surface area contributed by atoms with E-state index in [1.54, 1.807) is 6.92 Å². The molecule has 0 amide bonds. The van der Waals surface area contributed by atoms with Crippen LogP contribution < -0.4 is 5.73 Å². The number of esters is 1. The number of ether oxygens (including phenoxy) is 3. The molecule has 3 atom stereocenters. The average molecular weight is 265 g/mol. The van der Waals surface area contributed by atoms with Gasteiger partial charge in [0.25, 0.3) is 0 Å². The van der Waals surface area contributed by atoms with Gasteiger partial charge in [-0.05, 0) is 12.5 Å². The van der Waals surface area contributed by atoms with Crippen molar-refractivity contribution in [3.8, 4) is 0 Å². The normalized spacial score (nSPS) is 23.4. The van der Waals surface area contributed by atoms with Gasteiger partial charge in [-0.2, -0.15) is 0 Å². The molecule has 0 aliphatic carbocycles. The number of benzene rings is 1. The van der Waals surface area contributed by atoms with Gasteiger partial charge in [0.05, 0.1) is 0 Å². The van der Waals surface area contributed by atoms with Crippen molar-refractivity contribution in [3.05, 3.63) is 35.9 Å². The molecule has 102 valence electrons. The molecule has 2 rings (SSSR count). The second-order valence-electron chi connectivity index (χ2n) is 4.32. The summed E-state index contributed by atoms with van der Waals surface area (Å²) in [6.45, 7) is 1.74. The highest BCUT2D eigenvalue weighted by atomic mass is 16.8. The Labute approximate surface area is 110 Å². The molecule has 19 heavy (non-hydrogen) atoms. The van der Waals surface area contributed by atoms with E-state index in [0.717, 1.165) is 5.56 Å². The largest absolute Gasteiger partial charge is 0.509 e. The molecule has 6 heteroatoms. The second kappa shape index (κ2) is 5.71. The highest BCUT2D eigenvalue weighted by Crippen LogP contribution is 2.19. The van der Waals surface area contributed by atoms with Crippen LogP contribution in [0.15, 0.2) is 30.3 Å². The van der Waals surface area contributed by atoms with E-state index < -0.39 is 30.4 Å². The minimum absolute atomic E-state index is 0.111. The molecule has 0 spiro atoms. The van der Waals surface area contributed by atoms with Gasteiger partial charge in [0, 0.05) is 6.04 Å². The summed E-state index contributed by atoms with van der Waals surface area (Å²) in [5, 5.41) is 0. The van der Waals surface area contributed by atoms with E-state index in [0.29, 0.717) is 0 Å². The van der Waals surface area contributed by atoms with E-state index in [-0.39, 0.29) is 6.61 Å². The Morgan fingerprint density at radius 2 is 2.05 bits per heavy atom. The smallest absolute Gasteiger partial charge is 0.458 e. The molecule has 1 aliphatic heterocycles. The van der Waals surface area contributed by atoms with Crippen molar-refractivity contribution in [1.82, 2.24) is 0 Å². The number of cyclic esters (lactones) is 2. The first kappa shape index (κ1) is 13.4. The maximum Gasteiger partial charge on any atom is 0.509 e. The van der Waals surface area contributed by atoms with Crippen molar-refractivity contribution in [3.63, 3.8) is 0 Å². The highest BCUT2D eigenvalue weighted by molar-refractivity contribution is 5.80. The van der Waals surface area contributed by atoms with Crippen LogP contribution >= 0.6 is 0 Å². The molecule has 3 unspecified atom stereocenters. The summed E-state index contributed by atoms with van der Waals surface area (Å²) in [5.74, 6) is -0.656. The molecular weight excluding hydrogens is 250 g/mol. The van der Waals surface area contributed by atoms with Gasteiger partial charge < -0.3 is 19.9 Å². The predicted octanol–water partition coefficient (Wildman–Crippen LogP) is 0.981. The van der Waals surface area contributed by atoms with Crippen LogP contribution in [0.2, 0.25) is 0 Å². The van der Waals surface area contributed by atoms with E-state index >= 15 is 0 Å². The highest BCUT2D eigenvalue weighted by Gasteiger charge is 2.45. The molecule has 2 N–H and O–H groups in total. The minimum atomic E-state index is -1.10.